The maximum Gasteiger partial charge on any atom is 0.122 e. The van der Waals surface area contributed by atoms with Gasteiger partial charge in [-0.2, -0.15) is 0 Å². The molecule has 0 aliphatic carbocycles. The molecule has 0 amide bonds. The summed E-state index contributed by atoms with van der Waals surface area (Å²) in [6, 6.07) is 4.76. The molecule has 1 aromatic rings. The van der Waals surface area contributed by atoms with Crippen molar-refractivity contribution in [3.63, 3.8) is 0 Å². The van der Waals surface area contributed by atoms with Crippen LogP contribution in [-0.2, 0) is 0 Å². The van der Waals surface area contributed by atoms with E-state index in [1.807, 2.05) is 7.05 Å². The first-order valence-corrected chi connectivity index (χ1v) is 6.69. The number of hydrogen-bond donors (Lipinski definition) is 1. The third-order valence-corrected chi connectivity index (χ3v) is 4.08. The fourth-order valence-corrected chi connectivity index (χ4v) is 2.51. The van der Waals surface area contributed by atoms with Gasteiger partial charge in [0.1, 0.15) is 5.75 Å². The number of methoxy groups -OCH3 is 1. The average Bonchev–Trinajstić information content (AvgIpc) is 2.33. The van der Waals surface area contributed by atoms with Gasteiger partial charge in [-0.1, -0.05) is 26.8 Å². The second-order valence-corrected chi connectivity index (χ2v) is 5.74. The highest BCUT2D eigenvalue weighted by molar-refractivity contribution is 5.43. The van der Waals surface area contributed by atoms with Gasteiger partial charge in [-0.15, -0.1) is 0 Å². The number of nitrogens with one attached hydrogen (secondary N) is 1. The molecule has 1 N–H and O–H groups in total. The second-order valence-electron chi connectivity index (χ2n) is 5.74. The Kier molecular flexibility index (Phi) is 4.80. The zero-order chi connectivity index (χ0) is 13.9. The number of benzene rings is 1. The zero-order valence-corrected chi connectivity index (χ0v) is 12.8. The molecule has 0 saturated heterocycles. The molecule has 0 radical (unpaired) electrons. The van der Waals surface area contributed by atoms with Gasteiger partial charge in [-0.05, 0) is 55.5 Å². The summed E-state index contributed by atoms with van der Waals surface area (Å²) in [5.41, 5.74) is 4.10. The van der Waals surface area contributed by atoms with Gasteiger partial charge in [0.25, 0.3) is 0 Å². The van der Waals surface area contributed by atoms with Crippen LogP contribution in [0.2, 0.25) is 0 Å². The maximum atomic E-state index is 5.39. The van der Waals surface area contributed by atoms with Gasteiger partial charge in [0, 0.05) is 6.04 Å². The second kappa shape index (κ2) is 5.75. The van der Waals surface area contributed by atoms with Gasteiger partial charge in [0.2, 0.25) is 0 Å². The van der Waals surface area contributed by atoms with Crippen molar-refractivity contribution in [1.29, 1.82) is 0 Å². The van der Waals surface area contributed by atoms with E-state index in [2.05, 4.69) is 52.1 Å². The van der Waals surface area contributed by atoms with Crippen LogP contribution in [0.3, 0.4) is 0 Å². The monoisotopic (exact) mass is 249 g/mol. The standard InChI is InChI=1S/C16H27NO/c1-8-16(4,5)15(17-6)13-9-12(3)14(18-7)10-11(13)2/h9-10,15,17H,8H2,1-7H3. The maximum absolute atomic E-state index is 5.39. The van der Waals surface area contributed by atoms with E-state index in [1.54, 1.807) is 7.11 Å². The minimum atomic E-state index is 0.237. The molecule has 2 heteroatoms. The third-order valence-electron chi connectivity index (χ3n) is 4.08. The molecule has 0 fully saturated rings. The molecule has 0 aromatic heterocycles. The van der Waals surface area contributed by atoms with Crippen molar-refractivity contribution >= 4 is 0 Å². The van der Waals surface area contributed by atoms with E-state index in [0.29, 0.717) is 6.04 Å². The third kappa shape index (κ3) is 2.86. The molecule has 0 aliphatic rings. The lowest BCUT2D eigenvalue weighted by Crippen LogP contribution is -2.32. The van der Waals surface area contributed by atoms with E-state index >= 15 is 0 Å². The fraction of sp³-hybridized carbons (Fsp3) is 0.625. The minimum Gasteiger partial charge on any atom is -0.496 e. The first-order chi connectivity index (χ1) is 8.37. The van der Waals surface area contributed by atoms with E-state index in [0.717, 1.165) is 12.2 Å². The SMILES string of the molecule is CCC(C)(C)C(NC)c1cc(C)c(OC)cc1C. The van der Waals surface area contributed by atoms with Crippen molar-refractivity contribution in [1.82, 2.24) is 5.32 Å². The Balaban J connectivity index is 3.27. The molecule has 0 saturated carbocycles. The Hall–Kier alpha value is -1.02. The van der Waals surface area contributed by atoms with E-state index in [4.69, 9.17) is 4.74 Å². The number of hydrogen-bond acceptors (Lipinski definition) is 2. The molecule has 1 aromatic carbocycles. The molecule has 1 unspecified atom stereocenters. The Morgan fingerprint density at radius 2 is 1.83 bits per heavy atom. The largest absolute Gasteiger partial charge is 0.496 e. The molecular formula is C16H27NO. The van der Waals surface area contributed by atoms with Crippen LogP contribution >= 0.6 is 0 Å². The molecule has 2 nitrogen and oxygen atoms in total. The lowest BCUT2D eigenvalue weighted by atomic mass is 9.77. The summed E-state index contributed by atoms with van der Waals surface area (Å²) in [6.45, 7) is 11.1. The summed E-state index contributed by atoms with van der Waals surface area (Å²) in [5, 5.41) is 3.47. The van der Waals surface area contributed by atoms with Crippen LogP contribution in [0.1, 0.15) is 49.9 Å². The lowest BCUT2D eigenvalue weighted by molar-refractivity contribution is 0.244. The van der Waals surface area contributed by atoms with Crippen molar-refractivity contribution < 1.29 is 4.74 Å². The van der Waals surface area contributed by atoms with E-state index in [1.165, 1.54) is 16.7 Å². The van der Waals surface area contributed by atoms with Crippen LogP contribution < -0.4 is 10.1 Å². The highest BCUT2D eigenvalue weighted by Crippen LogP contribution is 2.38. The smallest absolute Gasteiger partial charge is 0.122 e. The molecule has 0 bridgehead atoms. The number of ether oxygens (including phenoxy) is 1. The van der Waals surface area contributed by atoms with Crippen LogP contribution in [0, 0.1) is 19.3 Å². The zero-order valence-electron chi connectivity index (χ0n) is 12.8. The highest BCUT2D eigenvalue weighted by atomic mass is 16.5. The van der Waals surface area contributed by atoms with E-state index in [9.17, 15) is 0 Å². The van der Waals surface area contributed by atoms with Gasteiger partial charge in [-0.3, -0.25) is 0 Å². The van der Waals surface area contributed by atoms with E-state index < -0.39 is 0 Å². The summed E-state index contributed by atoms with van der Waals surface area (Å²) in [5.74, 6) is 0.973. The minimum absolute atomic E-state index is 0.237. The van der Waals surface area contributed by atoms with Crippen LogP contribution in [-0.4, -0.2) is 14.2 Å². The molecule has 102 valence electrons. The number of aryl methyl sites for hydroxylation is 2. The average molecular weight is 249 g/mol. The highest BCUT2D eigenvalue weighted by Gasteiger charge is 2.29. The topological polar surface area (TPSA) is 21.3 Å². The van der Waals surface area contributed by atoms with Crippen molar-refractivity contribution in [3.8, 4) is 5.75 Å². The Morgan fingerprint density at radius 3 is 2.28 bits per heavy atom. The van der Waals surface area contributed by atoms with Crippen molar-refractivity contribution in [2.45, 2.75) is 47.1 Å². The predicted molar refractivity (Wildman–Crippen MR) is 78.3 cm³/mol. The van der Waals surface area contributed by atoms with E-state index in [-0.39, 0.29) is 5.41 Å². The summed E-state index contributed by atoms with van der Waals surface area (Å²) in [7, 11) is 3.77. The van der Waals surface area contributed by atoms with Gasteiger partial charge < -0.3 is 10.1 Å². The van der Waals surface area contributed by atoms with Crippen LogP contribution in [0.5, 0.6) is 5.75 Å². The van der Waals surface area contributed by atoms with Crippen molar-refractivity contribution in [2.75, 3.05) is 14.2 Å². The molecule has 1 rings (SSSR count). The predicted octanol–water partition coefficient (Wildman–Crippen LogP) is 4.01. The van der Waals surface area contributed by atoms with Gasteiger partial charge in [0.15, 0.2) is 0 Å². The first kappa shape index (κ1) is 15.0. The van der Waals surface area contributed by atoms with Crippen molar-refractivity contribution in [3.05, 3.63) is 28.8 Å². The van der Waals surface area contributed by atoms with Crippen LogP contribution in [0.4, 0.5) is 0 Å². The quantitative estimate of drug-likeness (QED) is 0.851. The van der Waals surface area contributed by atoms with Gasteiger partial charge >= 0.3 is 0 Å². The summed E-state index contributed by atoms with van der Waals surface area (Å²) in [6.07, 6.45) is 1.14. The molecule has 0 aliphatic heterocycles. The van der Waals surface area contributed by atoms with Crippen molar-refractivity contribution in [2.24, 2.45) is 5.41 Å². The molecule has 1 atom stereocenters. The first-order valence-electron chi connectivity index (χ1n) is 6.69. The molecule has 0 spiro atoms. The summed E-state index contributed by atoms with van der Waals surface area (Å²) in [4.78, 5) is 0. The van der Waals surface area contributed by atoms with Gasteiger partial charge in [0.05, 0.1) is 7.11 Å². The summed E-state index contributed by atoms with van der Waals surface area (Å²) >= 11 is 0. The molecular weight excluding hydrogens is 222 g/mol. The van der Waals surface area contributed by atoms with Gasteiger partial charge in [-0.25, -0.2) is 0 Å². The normalized spacial score (nSPS) is 13.5. The molecule has 0 heterocycles. The summed E-state index contributed by atoms with van der Waals surface area (Å²) < 4.78 is 5.39. The van der Waals surface area contributed by atoms with Crippen LogP contribution in [0.15, 0.2) is 12.1 Å². The Morgan fingerprint density at radius 1 is 1.22 bits per heavy atom. The Bertz CT molecular complexity index is 410. The number of rotatable bonds is 5. The lowest BCUT2D eigenvalue weighted by Gasteiger charge is -2.35. The Labute approximate surface area is 112 Å². The fourth-order valence-electron chi connectivity index (χ4n) is 2.51. The van der Waals surface area contributed by atoms with Crippen LogP contribution in [0.25, 0.3) is 0 Å². The molecule has 18 heavy (non-hydrogen) atoms.